The molecule has 0 saturated carbocycles. The number of rotatable bonds is 7. The molecule has 0 saturated heterocycles. The fourth-order valence-electron chi connectivity index (χ4n) is 2.00. The molecule has 128 valence electrons. The summed E-state index contributed by atoms with van der Waals surface area (Å²) in [5.41, 5.74) is 0.740. The number of benzene rings is 1. The molecule has 1 aromatic carbocycles. The van der Waals surface area contributed by atoms with Gasteiger partial charge in [0.05, 0.1) is 23.6 Å². The molecule has 2 aromatic rings. The third-order valence-corrected chi connectivity index (χ3v) is 4.42. The molecule has 6 nitrogen and oxygen atoms in total. The number of carboxylic acids is 1. The summed E-state index contributed by atoms with van der Waals surface area (Å²) in [7, 11) is 1.51. The summed E-state index contributed by atoms with van der Waals surface area (Å²) in [5, 5.41) is 12.0. The van der Waals surface area contributed by atoms with Crippen molar-refractivity contribution >= 4 is 34.8 Å². The van der Waals surface area contributed by atoms with Gasteiger partial charge in [0.15, 0.2) is 11.5 Å². The lowest BCUT2D eigenvalue weighted by molar-refractivity contribution is 0.0702. The zero-order chi connectivity index (χ0) is 17.7. The van der Waals surface area contributed by atoms with Gasteiger partial charge < -0.3 is 19.9 Å². The minimum atomic E-state index is -1.05. The minimum Gasteiger partial charge on any atom is -0.493 e. The highest BCUT2D eigenvalue weighted by atomic mass is 35.5. The second-order valence-electron chi connectivity index (χ2n) is 4.69. The molecule has 2 N–H and O–H groups in total. The van der Waals surface area contributed by atoms with Gasteiger partial charge in [-0.2, -0.15) is 0 Å². The summed E-state index contributed by atoms with van der Waals surface area (Å²) < 4.78 is 10.7. The van der Waals surface area contributed by atoms with Crippen LogP contribution < -0.4 is 14.8 Å². The maximum absolute atomic E-state index is 12.1. The zero-order valence-electron chi connectivity index (χ0n) is 13.1. The van der Waals surface area contributed by atoms with Gasteiger partial charge in [-0.05, 0) is 36.8 Å². The number of nitrogens with one attached hydrogen (secondary N) is 1. The maximum Gasteiger partial charge on any atom is 0.345 e. The molecule has 0 fully saturated rings. The first-order valence-electron chi connectivity index (χ1n) is 7.06. The Bertz CT molecular complexity index is 759. The van der Waals surface area contributed by atoms with Crippen LogP contribution in [0, 0.1) is 0 Å². The predicted molar refractivity (Wildman–Crippen MR) is 91.6 cm³/mol. The number of hydrogen-bond donors (Lipinski definition) is 2. The molecule has 0 spiro atoms. The number of carbonyl (C=O) groups excluding carboxylic acids is 1. The van der Waals surface area contributed by atoms with Gasteiger partial charge in [0.1, 0.15) is 4.88 Å². The largest absolute Gasteiger partial charge is 0.493 e. The lowest BCUT2D eigenvalue weighted by atomic mass is 10.2. The highest BCUT2D eigenvalue weighted by Gasteiger charge is 2.15. The van der Waals surface area contributed by atoms with Crippen LogP contribution in [-0.4, -0.2) is 30.7 Å². The van der Waals surface area contributed by atoms with E-state index in [1.165, 1.54) is 19.2 Å². The van der Waals surface area contributed by atoms with Crippen LogP contribution in [0.4, 0.5) is 0 Å². The quantitative estimate of drug-likeness (QED) is 0.781. The fraction of sp³-hybridized carbons (Fsp3) is 0.250. The average Bonchev–Trinajstić information content (AvgIpc) is 3.05. The Morgan fingerprint density at radius 3 is 2.58 bits per heavy atom. The molecule has 0 aliphatic carbocycles. The van der Waals surface area contributed by atoms with Crippen molar-refractivity contribution < 1.29 is 24.2 Å². The number of amides is 1. The molecule has 1 amide bonds. The third-order valence-electron chi connectivity index (χ3n) is 3.07. The molecular formula is C16H16ClNO5S. The van der Waals surface area contributed by atoms with E-state index >= 15 is 0 Å². The topological polar surface area (TPSA) is 84.9 Å². The number of halogens is 1. The van der Waals surface area contributed by atoms with E-state index in [1.807, 2.05) is 6.92 Å². The van der Waals surface area contributed by atoms with Crippen LogP contribution in [0.25, 0.3) is 0 Å². The summed E-state index contributed by atoms with van der Waals surface area (Å²) in [6.45, 7) is 2.52. The molecule has 0 bridgehead atoms. The van der Waals surface area contributed by atoms with Crippen molar-refractivity contribution in [1.29, 1.82) is 0 Å². The molecule has 1 aromatic heterocycles. The highest BCUT2D eigenvalue weighted by Crippen LogP contribution is 2.36. The lowest BCUT2D eigenvalue weighted by Gasteiger charge is -2.13. The summed E-state index contributed by atoms with van der Waals surface area (Å²) in [6.07, 6.45) is 0. The Hall–Kier alpha value is -2.25. The van der Waals surface area contributed by atoms with Crippen LogP contribution in [0.5, 0.6) is 11.5 Å². The Labute approximate surface area is 148 Å². The van der Waals surface area contributed by atoms with Gasteiger partial charge in [0, 0.05) is 6.54 Å². The molecule has 0 aliphatic rings. The molecule has 0 unspecified atom stereocenters. The predicted octanol–water partition coefficient (Wildman–Crippen LogP) is 3.44. The fourth-order valence-corrected chi connectivity index (χ4v) is 3.05. The Balaban J connectivity index is 2.09. The molecule has 0 atom stereocenters. The van der Waals surface area contributed by atoms with Crippen molar-refractivity contribution in [2.45, 2.75) is 13.5 Å². The maximum atomic E-state index is 12.1. The van der Waals surface area contributed by atoms with Crippen molar-refractivity contribution in [3.05, 3.63) is 44.6 Å². The number of ether oxygens (including phenoxy) is 2. The summed E-state index contributed by atoms with van der Waals surface area (Å²) in [5.74, 6) is -0.461. The Morgan fingerprint density at radius 1 is 1.29 bits per heavy atom. The van der Waals surface area contributed by atoms with Crippen LogP contribution in [0.15, 0.2) is 24.3 Å². The number of thiophene rings is 1. The first-order valence-corrected chi connectivity index (χ1v) is 8.26. The molecule has 8 heteroatoms. The number of hydrogen-bond acceptors (Lipinski definition) is 5. The number of carboxylic acid groups (broad SMARTS) is 1. The standard InChI is InChI=1S/C16H16ClNO5S/c1-3-23-14-10(17)6-9(7-11(14)22-2)8-18-15(19)12-4-5-13(24-12)16(20)21/h4-7H,3,8H2,1-2H3,(H,18,19)(H,20,21). The average molecular weight is 370 g/mol. The van der Waals surface area contributed by atoms with Crippen LogP contribution in [0.2, 0.25) is 5.02 Å². The van der Waals surface area contributed by atoms with E-state index in [2.05, 4.69) is 5.32 Å². The first kappa shape index (κ1) is 18.1. The van der Waals surface area contributed by atoms with Crippen molar-refractivity contribution in [1.82, 2.24) is 5.32 Å². The van der Waals surface area contributed by atoms with Gasteiger partial charge in [0.25, 0.3) is 5.91 Å². The van der Waals surface area contributed by atoms with Gasteiger partial charge in [-0.3, -0.25) is 4.79 Å². The molecule has 24 heavy (non-hydrogen) atoms. The van der Waals surface area contributed by atoms with Crippen molar-refractivity contribution in [3.8, 4) is 11.5 Å². The van der Waals surface area contributed by atoms with E-state index in [1.54, 1.807) is 12.1 Å². The van der Waals surface area contributed by atoms with Crippen LogP contribution in [0.3, 0.4) is 0 Å². The van der Waals surface area contributed by atoms with Crippen molar-refractivity contribution in [3.63, 3.8) is 0 Å². The highest BCUT2D eigenvalue weighted by molar-refractivity contribution is 7.15. The number of carbonyl (C=O) groups is 2. The smallest absolute Gasteiger partial charge is 0.345 e. The number of aromatic carboxylic acids is 1. The Morgan fingerprint density at radius 2 is 2.00 bits per heavy atom. The van der Waals surface area contributed by atoms with Crippen molar-refractivity contribution in [2.24, 2.45) is 0 Å². The minimum absolute atomic E-state index is 0.117. The molecule has 1 heterocycles. The van der Waals surface area contributed by atoms with Crippen LogP contribution in [-0.2, 0) is 6.54 Å². The van der Waals surface area contributed by atoms with E-state index < -0.39 is 5.97 Å². The Kier molecular flexibility index (Phi) is 6.05. The lowest BCUT2D eigenvalue weighted by Crippen LogP contribution is -2.21. The molecule has 0 radical (unpaired) electrons. The SMILES string of the molecule is CCOc1c(Cl)cc(CNC(=O)c2ccc(C(=O)O)s2)cc1OC. The summed E-state index contributed by atoms with van der Waals surface area (Å²) in [6, 6.07) is 6.30. The van der Waals surface area contributed by atoms with E-state index in [4.69, 9.17) is 26.2 Å². The normalized spacial score (nSPS) is 10.3. The monoisotopic (exact) mass is 369 g/mol. The second kappa shape index (κ2) is 8.03. The van der Waals surface area contributed by atoms with Gasteiger partial charge in [-0.1, -0.05) is 11.6 Å². The summed E-state index contributed by atoms with van der Waals surface area (Å²) in [4.78, 5) is 23.4. The van der Waals surface area contributed by atoms with E-state index in [9.17, 15) is 9.59 Å². The first-order chi connectivity index (χ1) is 11.5. The van der Waals surface area contributed by atoms with Gasteiger partial charge in [0.2, 0.25) is 0 Å². The van der Waals surface area contributed by atoms with Crippen LogP contribution in [0.1, 0.15) is 31.8 Å². The van der Waals surface area contributed by atoms with Gasteiger partial charge >= 0.3 is 5.97 Å². The van der Waals surface area contributed by atoms with E-state index in [0.29, 0.717) is 28.0 Å². The second-order valence-corrected chi connectivity index (χ2v) is 6.18. The van der Waals surface area contributed by atoms with Crippen LogP contribution >= 0.6 is 22.9 Å². The van der Waals surface area contributed by atoms with E-state index in [0.717, 1.165) is 16.9 Å². The zero-order valence-corrected chi connectivity index (χ0v) is 14.7. The van der Waals surface area contributed by atoms with Gasteiger partial charge in [-0.15, -0.1) is 11.3 Å². The third kappa shape index (κ3) is 4.18. The van der Waals surface area contributed by atoms with Gasteiger partial charge in [-0.25, -0.2) is 4.79 Å². The van der Waals surface area contributed by atoms with E-state index in [-0.39, 0.29) is 17.3 Å². The molecule has 0 aliphatic heterocycles. The molecular weight excluding hydrogens is 354 g/mol. The number of methoxy groups -OCH3 is 1. The summed E-state index contributed by atoms with van der Waals surface area (Å²) >= 11 is 7.10. The molecule has 2 rings (SSSR count). The van der Waals surface area contributed by atoms with Crippen molar-refractivity contribution in [2.75, 3.05) is 13.7 Å².